The molecule has 21 heavy (non-hydrogen) atoms. The maximum absolute atomic E-state index is 12.3. The molecule has 0 aliphatic rings. The van der Waals surface area contributed by atoms with E-state index in [1.807, 2.05) is 6.92 Å². The lowest BCUT2D eigenvalue weighted by molar-refractivity contribution is -0.137. The van der Waals surface area contributed by atoms with Crippen LogP contribution in [0, 0.1) is 0 Å². The Hall–Kier alpha value is -2.63. The highest BCUT2D eigenvalue weighted by atomic mass is 16.4. The first-order valence-electron chi connectivity index (χ1n) is 6.57. The Morgan fingerprint density at radius 3 is 2.67 bits per heavy atom. The van der Waals surface area contributed by atoms with Crippen molar-refractivity contribution in [2.24, 2.45) is 0 Å². The third-order valence-corrected chi connectivity index (χ3v) is 2.98. The molecule has 1 N–H and O–H groups in total. The summed E-state index contributed by atoms with van der Waals surface area (Å²) in [5.74, 6) is -1.75. The van der Waals surface area contributed by atoms with Gasteiger partial charge in [-0.2, -0.15) is 0 Å². The van der Waals surface area contributed by atoms with Crippen LogP contribution in [0.15, 0.2) is 39.5 Å². The fraction of sp³-hybridized carbons (Fsp3) is 0.267. The molecule has 6 heteroatoms. The average Bonchev–Trinajstić information content (AvgIpc) is 2.45. The molecule has 0 radical (unpaired) electrons. The molecule has 0 aliphatic heterocycles. The molecule has 0 unspecified atom stereocenters. The SMILES string of the molecule is CCCN(CC(=O)O)C(=O)c1cc2ccccc2oc1=O. The molecule has 1 heterocycles. The lowest BCUT2D eigenvalue weighted by Crippen LogP contribution is -2.38. The molecule has 2 rings (SSSR count). The lowest BCUT2D eigenvalue weighted by Gasteiger charge is -2.19. The molecule has 1 aromatic heterocycles. The summed E-state index contributed by atoms with van der Waals surface area (Å²) < 4.78 is 5.10. The van der Waals surface area contributed by atoms with Crippen molar-refractivity contribution in [2.75, 3.05) is 13.1 Å². The number of hydrogen-bond acceptors (Lipinski definition) is 4. The fourth-order valence-corrected chi connectivity index (χ4v) is 2.07. The number of benzene rings is 1. The van der Waals surface area contributed by atoms with Crippen LogP contribution in [0.5, 0.6) is 0 Å². The Bertz CT molecular complexity index is 734. The van der Waals surface area contributed by atoms with E-state index < -0.39 is 24.0 Å². The smallest absolute Gasteiger partial charge is 0.349 e. The highest BCUT2D eigenvalue weighted by Crippen LogP contribution is 2.13. The summed E-state index contributed by atoms with van der Waals surface area (Å²) in [6.45, 7) is 1.64. The number of hydrogen-bond donors (Lipinski definition) is 1. The molecule has 1 amide bonds. The summed E-state index contributed by atoms with van der Waals surface area (Å²) in [7, 11) is 0. The molecule has 0 fully saturated rings. The zero-order chi connectivity index (χ0) is 15.4. The van der Waals surface area contributed by atoms with Gasteiger partial charge >= 0.3 is 11.6 Å². The first-order valence-corrected chi connectivity index (χ1v) is 6.57. The number of carboxylic acid groups (broad SMARTS) is 1. The van der Waals surface area contributed by atoms with E-state index in [1.54, 1.807) is 24.3 Å². The van der Waals surface area contributed by atoms with Crippen LogP contribution in [0.2, 0.25) is 0 Å². The van der Waals surface area contributed by atoms with Gasteiger partial charge < -0.3 is 14.4 Å². The number of carboxylic acids is 1. The molecule has 0 bridgehead atoms. The second-order valence-corrected chi connectivity index (χ2v) is 4.61. The molecule has 1 aromatic carbocycles. The number of fused-ring (bicyclic) bond motifs is 1. The topological polar surface area (TPSA) is 87.8 Å². The van der Waals surface area contributed by atoms with Gasteiger partial charge in [-0.1, -0.05) is 25.1 Å². The van der Waals surface area contributed by atoms with Crippen molar-refractivity contribution in [2.45, 2.75) is 13.3 Å². The summed E-state index contributed by atoms with van der Waals surface area (Å²) in [4.78, 5) is 36.2. The van der Waals surface area contributed by atoms with Crippen LogP contribution in [0.25, 0.3) is 11.0 Å². The minimum Gasteiger partial charge on any atom is -0.480 e. The van der Waals surface area contributed by atoms with E-state index in [4.69, 9.17) is 9.52 Å². The molecule has 6 nitrogen and oxygen atoms in total. The van der Waals surface area contributed by atoms with Crippen LogP contribution >= 0.6 is 0 Å². The number of carbonyl (C=O) groups excluding carboxylic acids is 1. The molecular weight excluding hydrogens is 274 g/mol. The van der Waals surface area contributed by atoms with Crippen LogP contribution in [0.1, 0.15) is 23.7 Å². The number of amides is 1. The fourth-order valence-electron chi connectivity index (χ4n) is 2.07. The van der Waals surface area contributed by atoms with Gasteiger partial charge in [-0.25, -0.2) is 4.79 Å². The molecule has 0 aliphatic carbocycles. The number of rotatable bonds is 5. The van der Waals surface area contributed by atoms with Gasteiger partial charge in [-0.3, -0.25) is 9.59 Å². The van der Waals surface area contributed by atoms with Crippen LogP contribution in [-0.4, -0.2) is 35.0 Å². The molecule has 110 valence electrons. The molecule has 0 spiro atoms. The number of carbonyl (C=O) groups is 2. The second-order valence-electron chi connectivity index (χ2n) is 4.61. The summed E-state index contributed by atoms with van der Waals surface area (Å²) in [6.07, 6.45) is 0.595. The Kier molecular flexibility index (Phi) is 4.37. The van der Waals surface area contributed by atoms with E-state index in [0.717, 1.165) is 4.90 Å². The largest absolute Gasteiger partial charge is 0.480 e. The summed E-state index contributed by atoms with van der Waals surface area (Å²) >= 11 is 0. The highest BCUT2D eigenvalue weighted by Gasteiger charge is 2.21. The van der Waals surface area contributed by atoms with Crippen LogP contribution < -0.4 is 5.63 Å². The predicted octanol–water partition coefficient (Wildman–Crippen LogP) is 1.73. The van der Waals surface area contributed by atoms with Crippen molar-refractivity contribution < 1.29 is 19.1 Å². The van der Waals surface area contributed by atoms with Gasteiger partial charge in [0.05, 0.1) is 0 Å². The minimum atomic E-state index is -1.12. The summed E-state index contributed by atoms with van der Waals surface area (Å²) in [6, 6.07) is 8.27. The molecule has 0 saturated heterocycles. The van der Waals surface area contributed by atoms with E-state index >= 15 is 0 Å². The van der Waals surface area contributed by atoms with Gasteiger partial charge in [0.1, 0.15) is 17.7 Å². The summed E-state index contributed by atoms with van der Waals surface area (Å²) in [5.41, 5.74) is -0.520. The van der Waals surface area contributed by atoms with Gasteiger partial charge in [-0.15, -0.1) is 0 Å². The number of aliphatic carboxylic acids is 1. The second kappa shape index (κ2) is 6.21. The van der Waals surface area contributed by atoms with Crippen LogP contribution in [-0.2, 0) is 4.79 Å². The average molecular weight is 289 g/mol. The van der Waals surface area contributed by atoms with Gasteiger partial charge in [0, 0.05) is 11.9 Å². The normalized spacial score (nSPS) is 10.5. The number of para-hydroxylation sites is 1. The van der Waals surface area contributed by atoms with Gasteiger partial charge in [-0.05, 0) is 18.6 Å². The van der Waals surface area contributed by atoms with Crippen LogP contribution in [0.3, 0.4) is 0 Å². The van der Waals surface area contributed by atoms with Gasteiger partial charge in [0.25, 0.3) is 5.91 Å². The predicted molar refractivity (Wildman–Crippen MR) is 76.3 cm³/mol. The third kappa shape index (κ3) is 3.28. The Balaban J connectivity index is 2.43. The summed E-state index contributed by atoms with van der Waals surface area (Å²) in [5, 5.41) is 9.47. The maximum atomic E-state index is 12.3. The third-order valence-electron chi connectivity index (χ3n) is 2.98. The van der Waals surface area contributed by atoms with Crippen molar-refractivity contribution in [3.63, 3.8) is 0 Å². The van der Waals surface area contributed by atoms with E-state index in [0.29, 0.717) is 17.4 Å². The monoisotopic (exact) mass is 289 g/mol. The van der Waals surface area contributed by atoms with E-state index in [1.165, 1.54) is 6.07 Å². The van der Waals surface area contributed by atoms with Crippen LogP contribution in [0.4, 0.5) is 0 Å². The molecule has 2 aromatic rings. The van der Waals surface area contributed by atoms with Crippen molar-refractivity contribution in [1.82, 2.24) is 4.90 Å². The van der Waals surface area contributed by atoms with E-state index in [-0.39, 0.29) is 12.1 Å². The first kappa shape index (κ1) is 14.8. The Morgan fingerprint density at radius 1 is 1.29 bits per heavy atom. The standard InChI is InChI=1S/C15H15NO5/c1-2-7-16(9-13(17)18)14(19)11-8-10-5-3-4-6-12(10)21-15(11)20/h3-6,8H,2,7,9H2,1H3,(H,17,18). The van der Waals surface area contributed by atoms with Crippen molar-refractivity contribution in [3.05, 3.63) is 46.3 Å². The molecule has 0 atom stereocenters. The quantitative estimate of drug-likeness (QED) is 0.847. The van der Waals surface area contributed by atoms with E-state index in [9.17, 15) is 14.4 Å². The number of nitrogens with zero attached hydrogens (tertiary/aromatic N) is 1. The van der Waals surface area contributed by atoms with Crippen molar-refractivity contribution in [1.29, 1.82) is 0 Å². The lowest BCUT2D eigenvalue weighted by atomic mass is 10.1. The molecular formula is C15H15NO5. The molecule has 0 saturated carbocycles. The van der Waals surface area contributed by atoms with E-state index in [2.05, 4.69) is 0 Å². The highest BCUT2D eigenvalue weighted by molar-refractivity contribution is 5.97. The van der Waals surface area contributed by atoms with Gasteiger partial charge in [0.2, 0.25) is 0 Å². The minimum absolute atomic E-state index is 0.150. The first-order chi connectivity index (χ1) is 10.0. The zero-order valence-electron chi connectivity index (χ0n) is 11.5. The van der Waals surface area contributed by atoms with Gasteiger partial charge in [0.15, 0.2) is 0 Å². The zero-order valence-corrected chi connectivity index (χ0v) is 11.5. The van der Waals surface area contributed by atoms with Crippen molar-refractivity contribution >= 4 is 22.8 Å². The Labute approximate surface area is 120 Å². The maximum Gasteiger partial charge on any atom is 0.349 e. The van der Waals surface area contributed by atoms with Crippen molar-refractivity contribution in [3.8, 4) is 0 Å². The Morgan fingerprint density at radius 2 is 2.00 bits per heavy atom.